The molecule has 0 saturated carbocycles. The third-order valence-corrected chi connectivity index (χ3v) is 5.68. The maximum Gasteiger partial charge on any atom is 0.241 e. The molecule has 1 aliphatic heterocycles. The van der Waals surface area contributed by atoms with Crippen LogP contribution in [0, 0.1) is 19.8 Å². The van der Waals surface area contributed by atoms with Crippen LogP contribution in [0.15, 0.2) is 30.3 Å². The van der Waals surface area contributed by atoms with Gasteiger partial charge in [-0.1, -0.05) is 30.3 Å². The lowest BCUT2D eigenvalue weighted by Gasteiger charge is -2.23. The summed E-state index contributed by atoms with van der Waals surface area (Å²) in [7, 11) is 1.89. The van der Waals surface area contributed by atoms with Gasteiger partial charge in [-0.05, 0) is 38.8 Å². The van der Waals surface area contributed by atoms with Gasteiger partial charge < -0.3 is 11.1 Å². The van der Waals surface area contributed by atoms with Crippen LogP contribution in [0.1, 0.15) is 29.8 Å². The zero-order chi connectivity index (χ0) is 18.8. The standard InChI is InChI=1S/C20H29N5O/c1-13-19(14(2)24(4)23-13)22-20(26)15(3)25-11-17(10-21)18(12-25)16-8-6-5-7-9-16/h5-9,15,17-18H,10-12,21H2,1-4H3,(H,22,26)/t15?,17-,18+/m1/s1. The van der Waals surface area contributed by atoms with Crippen molar-refractivity contribution < 1.29 is 4.79 Å². The third kappa shape index (κ3) is 3.52. The largest absolute Gasteiger partial charge is 0.330 e. The Labute approximate surface area is 155 Å². The highest BCUT2D eigenvalue weighted by molar-refractivity contribution is 5.95. The van der Waals surface area contributed by atoms with Crippen LogP contribution in [0.3, 0.4) is 0 Å². The number of amides is 1. The van der Waals surface area contributed by atoms with Crippen molar-refractivity contribution in [3.8, 4) is 0 Å². The zero-order valence-electron chi connectivity index (χ0n) is 16.1. The molecule has 1 amide bonds. The number of carbonyl (C=O) groups is 1. The summed E-state index contributed by atoms with van der Waals surface area (Å²) >= 11 is 0. The molecule has 1 saturated heterocycles. The molecule has 1 aromatic carbocycles. The van der Waals surface area contributed by atoms with Gasteiger partial charge in [0.1, 0.15) is 0 Å². The zero-order valence-corrected chi connectivity index (χ0v) is 16.1. The molecule has 3 N–H and O–H groups in total. The van der Waals surface area contributed by atoms with Crippen molar-refractivity contribution in [3.05, 3.63) is 47.3 Å². The maximum atomic E-state index is 12.8. The van der Waals surface area contributed by atoms with E-state index in [2.05, 4.69) is 39.6 Å². The summed E-state index contributed by atoms with van der Waals surface area (Å²) in [6, 6.07) is 10.3. The van der Waals surface area contributed by atoms with Crippen molar-refractivity contribution in [2.75, 3.05) is 25.0 Å². The Morgan fingerprint density at radius 3 is 2.58 bits per heavy atom. The fraction of sp³-hybridized carbons (Fsp3) is 0.500. The van der Waals surface area contributed by atoms with Crippen LogP contribution in [-0.2, 0) is 11.8 Å². The lowest BCUT2D eigenvalue weighted by Crippen LogP contribution is -2.41. The number of aryl methyl sites for hydroxylation is 2. The van der Waals surface area contributed by atoms with Gasteiger partial charge in [0.15, 0.2) is 0 Å². The average Bonchev–Trinajstić information content (AvgIpc) is 3.18. The van der Waals surface area contributed by atoms with Crippen LogP contribution in [-0.4, -0.2) is 46.3 Å². The van der Waals surface area contributed by atoms with E-state index in [-0.39, 0.29) is 11.9 Å². The summed E-state index contributed by atoms with van der Waals surface area (Å²) in [4.78, 5) is 15.1. The number of rotatable bonds is 5. The van der Waals surface area contributed by atoms with Crippen molar-refractivity contribution in [1.82, 2.24) is 14.7 Å². The second kappa shape index (κ2) is 7.60. The number of nitrogens with one attached hydrogen (secondary N) is 1. The number of aromatic nitrogens is 2. The van der Waals surface area contributed by atoms with Crippen molar-refractivity contribution >= 4 is 11.6 Å². The van der Waals surface area contributed by atoms with Gasteiger partial charge >= 0.3 is 0 Å². The van der Waals surface area contributed by atoms with E-state index in [0.717, 1.165) is 30.2 Å². The predicted octanol–water partition coefficient (Wildman–Crippen LogP) is 2.04. The van der Waals surface area contributed by atoms with Gasteiger partial charge in [0.2, 0.25) is 5.91 Å². The van der Waals surface area contributed by atoms with E-state index in [0.29, 0.717) is 18.4 Å². The van der Waals surface area contributed by atoms with Gasteiger partial charge in [0, 0.05) is 26.1 Å². The first-order valence-electron chi connectivity index (χ1n) is 9.22. The number of hydrogen-bond acceptors (Lipinski definition) is 4. The number of benzene rings is 1. The summed E-state index contributed by atoms with van der Waals surface area (Å²) in [5, 5.41) is 7.44. The van der Waals surface area contributed by atoms with E-state index >= 15 is 0 Å². The molecule has 0 radical (unpaired) electrons. The molecular formula is C20H29N5O. The van der Waals surface area contributed by atoms with Gasteiger partial charge in [-0.2, -0.15) is 5.10 Å². The topological polar surface area (TPSA) is 76.2 Å². The van der Waals surface area contributed by atoms with Crippen molar-refractivity contribution in [2.45, 2.75) is 32.7 Å². The highest BCUT2D eigenvalue weighted by atomic mass is 16.2. The summed E-state index contributed by atoms with van der Waals surface area (Å²) in [5.41, 5.74) is 9.95. The SMILES string of the molecule is Cc1nn(C)c(C)c1NC(=O)C(C)N1C[C@@H](CN)[C@H](c2ccccc2)C1. The molecular weight excluding hydrogens is 326 g/mol. The summed E-state index contributed by atoms with van der Waals surface area (Å²) in [5.74, 6) is 0.751. The maximum absolute atomic E-state index is 12.8. The summed E-state index contributed by atoms with van der Waals surface area (Å²) in [6.07, 6.45) is 0. The molecule has 1 unspecified atom stereocenters. The molecule has 2 heterocycles. The monoisotopic (exact) mass is 355 g/mol. The van der Waals surface area contributed by atoms with Crippen molar-refractivity contribution in [2.24, 2.45) is 18.7 Å². The molecule has 0 aliphatic carbocycles. The number of nitrogens with two attached hydrogens (primary N) is 1. The Hall–Kier alpha value is -2.18. The Balaban J connectivity index is 1.71. The first-order chi connectivity index (χ1) is 12.4. The average molecular weight is 355 g/mol. The molecule has 1 aromatic heterocycles. The van der Waals surface area contributed by atoms with Crippen LogP contribution in [0.25, 0.3) is 0 Å². The molecule has 1 aliphatic rings. The van der Waals surface area contributed by atoms with E-state index < -0.39 is 0 Å². The number of carbonyl (C=O) groups excluding carboxylic acids is 1. The van der Waals surface area contributed by atoms with E-state index in [1.54, 1.807) is 4.68 Å². The minimum Gasteiger partial charge on any atom is -0.330 e. The lowest BCUT2D eigenvalue weighted by atomic mass is 9.89. The molecule has 0 bridgehead atoms. The second-order valence-electron chi connectivity index (χ2n) is 7.30. The van der Waals surface area contributed by atoms with Gasteiger partial charge in [-0.25, -0.2) is 0 Å². The van der Waals surface area contributed by atoms with E-state index in [9.17, 15) is 4.79 Å². The number of anilines is 1. The Morgan fingerprint density at radius 1 is 1.31 bits per heavy atom. The Morgan fingerprint density at radius 2 is 2.00 bits per heavy atom. The quantitative estimate of drug-likeness (QED) is 0.860. The summed E-state index contributed by atoms with van der Waals surface area (Å²) in [6.45, 7) is 8.18. The highest BCUT2D eigenvalue weighted by Crippen LogP contribution is 2.33. The smallest absolute Gasteiger partial charge is 0.241 e. The van der Waals surface area contributed by atoms with Gasteiger partial charge in [0.25, 0.3) is 0 Å². The van der Waals surface area contributed by atoms with Crippen LogP contribution in [0.4, 0.5) is 5.69 Å². The molecule has 26 heavy (non-hydrogen) atoms. The molecule has 1 fully saturated rings. The fourth-order valence-corrected chi connectivity index (χ4v) is 3.89. The molecule has 140 valence electrons. The normalized spacial score (nSPS) is 21.7. The van der Waals surface area contributed by atoms with Crippen LogP contribution >= 0.6 is 0 Å². The van der Waals surface area contributed by atoms with Gasteiger partial charge in [0.05, 0.1) is 23.1 Å². The van der Waals surface area contributed by atoms with Gasteiger partial charge in [-0.3, -0.25) is 14.4 Å². The number of likely N-dealkylation sites (tertiary alicyclic amines) is 1. The number of nitrogens with zero attached hydrogens (tertiary/aromatic N) is 3. The van der Waals surface area contributed by atoms with Crippen LogP contribution in [0.2, 0.25) is 0 Å². The highest BCUT2D eigenvalue weighted by Gasteiger charge is 2.37. The molecule has 3 atom stereocenters. The van der Waals surface area contributed by atoms with E-state index in [1.807, 2.05) is 33.9 Å². The van der Waals surface area contributed by atoms with Crippen LogP contribution in [0.5, 0.6) is 0 Å². The minimum atomic E-state index is -0.211. The molecule has 0 spiro atoms. The first kappa shape index (κ1) is 18.6. The molecule has 3 rings (SSSR count). The number of hydrogen-bond donors (Lipinski definition) is 2. The van der Waals surface area contributed by atoms with E-state index in [1.165, 1.54) is 5.56 Å². The minimum absolute atomic E-state index is 0.00804. The predicted molar refractivity (Wildman–Crippen MR) is 104 cm³/mol. The van der Waals surface area contributed by atoms with Gasteiger partial charge in [-0.15, -0.1) is 0 Å². The van der Waals surface area contributed by atoms with Crippen molar-refractivity contribution in [3.63, 3.8) is 0 Å². The fourth-order valence-electron chi connectivity index (χ4n) is 3.89. The Kier molecular flexibility index (Phi) is 5.44. The van der Waals surface area contributed by atoms with E-state index in [4.69, 9.17) is 5.73 Å². The Bertz CT molecular complexity index is 770. The van der Waals surface area contributed by atoms with Crippen LogP contribution < -0.4 is 11.1 Å². The lowest BCUT2D eigenvalue weighted by molar-refractivity contribution is -0.120. The summed E-state index contributed by atoms with van der Waals surface area (Å²) < 4.78 is 1.79. The van der Waals surface area contributed by atoms with Crippen molar-refractivity contribution in [1.29, 1.82) is 0 Å². The molecule has 6 heteroatoms. The first-order valence-corrected chi connectivity index (χ1v) is 9.22. The molecule has 2 aromatic rings. The molecule has 6 nitrogen and oxygen atoms in total. The third-order valence-electron chi connectivity index (χ3n) is 5.68. The second-order valence-corrected chi connectivity index (χ2v) is 7.30.